The molecule has 0 spiro atoms. The van der Waals surface area contributed by atoms with Crippen LogP contribution in [0.15, 0.2) is 0 Å². The second-order valence-electron chi connectivity index (χ2n) is 3.78. The van der Waals surface area contributed by atoms with Gasteiger partial charge in [-0.1, -0.05) is 6.92 Å². The van der Waals surface area contributed by atoms with Crippen LogP contribution in [0.1, 0.15) is 26.7 Å². The van der Waals surface area contributed by atoms with Gasteiger partial charge in [-0.05, 0) is 25.2 Å². The number of aliphatic hydroxyl groups is 1. The second-order valence-corrected chi connectivity index (χ2v) is 3.78. The molecule has 0 aliphatic heterocycles. The lowest BCUT2D eigenvalue weighted by Gasteiger charge is -2.14. The molecule has 10 heavy (non-hydrogen) atoms. The maximum Gasteiger partial charge on any atom is 0.0581 e. The molecule has 60 valence electrons. The van der Waals surface area contributed by atoms with Gasteiger partial charge in [0.15, 0.2) is 0 Å². The average molecular weight is 143 g/mol. The van der Waals surface area contributed by atoms with Crippen molar-refractivity contribution in [2.75, 3.05) is 13.2 Å². The van der Waals surface area contributed by atoms with Crippen molar-refractivity contribution in [3.63, 3.8) is 0 Å². The van der Waals surface area contributed by atoms with Crippen molar-refractivity contribution in [1.82, 2.24) is 5.32 Å². The minimum atomic E-state index is 0.246. The summed E-state index contributed by atoms with van der Waals surface area (Å²) in [7, 11) is 0. The van der Waals surface area contributed by atoms with E-state index in [1.165, 1.54) is 12.8 Å². The molecule has 1 saturated carbocycles. The third-order valence-corrected chi connectivity index (χ3v) is 2.25. The third-order valence-electron chi connectivity index (χ3n) is 2.25. The Kier molecular flexibility index (Phi) is 2.32. The Hall–Kier alpha value is -0.0800. The van der Waals surface area contributed by atoms with Gasteiger partial charge in [0.2, 0.25) is 0 Å². The second kappa shape index (κ2) is 2.89. The molecular formula is C8H17NO. The number of hydrogen-bond donors (Lipinski definition) is 2. The Morgan fingerprint density at radius 2 is 2.20 bits per heavy atom. The molecule has 0 aromatic rings. The SMILES string of the molecule is C[C@H](CO)NCC1(C)CC1. The highest BCUT2D eigenvalue weighted by Gasteiger charge is 2.36. The fourth-order valence-electron chi connectivity index (χ4n) is 0.875. The van der Waals surface area contributed by atoms with Crippen LogP contribution in [0.2, 0.25) is 0 Å². The summed E-state index contributed by atoms with van der Waals surface area (Å²) in [5, 5.41) is 12.0. The van der Waals surface area contributed by atoms with Gasteiger partial charge in [0.05, 0.1) is 6.61 Å². The Morgan fingerprint density at radius 3 is 2.60 bits per heavy atom. The topological polar surface area (TPSA) is 32.3 Å². The van der Waals surface area contributed by atoms with E-state index in [9.17, 15) is 0 Å². The predicted octanol–water partition coefficient (Wildman–Crippen LogP) is 0.757. The van der Waals surface area contributed by atoms with Gasteiger partial charge < -0.3 is 10.4 Å². The van der Waals surface area contributed by atoms with Crippen molar-refractivity contribution in [3.05, 3.63) is 0 Å². The highest BCUT2D eigenvalue weighted by Crippen LogP contribution is 2.44. The predicted molar refractivity (Wildman–Crippen MR) is 41.9 cm³/mol. The van der Waals surface area contributed by atoms with Crippen molar-refractivity contribution in [3.8, 4) is 0 Å². The fourth-order valence-corrected chi connectivity index (χ4v) is 0.875. The first-order chi connectivity index (χ1) is 4.66. The Labute approximate surface area is 62.6 Å². The number of aliphatic hydroxyl groups excluding tert-OH is 1. The van der Waals surface area contributed by atoms with E-state index in [2.05, 4.69) is 12.2 Å². The summed E-state index contributed by atoms with van der Waals surface area (Å²) in [5.74, 6) is 0. The molecule has 1 fully saturated rings. The van der Waals surface area contributed by atoms with Crippen LogP contribution in [0, 0.1) is 5.41 Å². The fraction of sp³-hybridized carbons (Fsp3) is 1.00. The quantitative estimate of drug-likeness (QED) is 0.609. The zero-order valence-corrected chi connectivity index (χ0v) is 6.85. The van der Waals surface area contributed by atoms with E-state index < -0.39 is 0 Å². The summed E-state index contributed by atoms with van der Waals surface area (Å²) in [5.41, 5.74) is 0.559. The standard InChI is InChI=1S/C8H17NO/c1-7(5-10)9-6-8(2)3-4-8/h7,9-10H,3-6H2,1-2H3/t7-/m1/s1. The molecule has 0 amide bonds. The summed E-state index contributed by atoms with van der Waals surface area (Å²) in [6.45, 7) is 5.60. The molecule has 1 atom stereocenters. The van der Waals surface area contributed by atoms with Gasteiger partial charge in [0.25, 0.3) is 0 Å². The zero-order chi connectivity index (χ0) is 7.61. The summed E-state index contributed by atoms with van der Waals surface area (Å²) in [6.07, 6.45) is 2.69. The van der Waals surface area contributed by atoms with Gasteiger partial charge in [0.1, 0.15) is 0 Å². The molecule has 0 bridgehead atoms. The van der Waals surface area contributed by atoms with Crippen molar-refractivity contribution < 1.29 is 5.11 Å². The molecule has 2 heteroatoms. The molecule has 1 aliphatic rings. The van der Waals surface area contributed by atoms with Crippen LogP contribution in [0.3, 0.4) is 0 Å². The Bertz CT molecular complexity index is 110. The van der Waals surface area contributed by atoms with Gasteiger partial charge in [-0.2, -0.15) is 0 Å². The van der Waals surface area contributed by atoms with Crippen LogP contribution in [0.5, 0.6) is 0 Å². The van der Waals surface area contributed by atoms with Crippen LogP contribution in [-0.4, -0.2) is 24.3 Å². The molecule has 2 N–H and O–H groups in total. The van der Waals surface area contributed by atoms with Crippen LogP contribution < -0.4 is 5.32 Å². The monoisotopic (exact) mass is 143 g/mol. The van der Waals surface area contributed by atoms with Crippen LogP contribution in [0.4, 0.5) is 0 Å². The van der Waals surface area contributed by atoms with Crippen LogP contribution in [-0.2, 0) is 0 Å². The molecule has 0 unspecified atom stereocenters. The summed E-state index contributed by atoms with van der Waals surface area (Å²) >= 11 is 0. The smallest absolute Gasteiger partial charge is 0.0581 e. The van der Waals surface area contributed by atoms with Gasteiger partial charge in [-0.25, -0.2) is 0 Å². The number of hydrogen-bond acceptors (Lipinski definition) is 2. The van der Waals surface area contributed by atoms with Gasteiger partial charge in [0, 0.05) is 12.6 Å². The highest BCUT2D eigenvalue weighted by molar-refractivity contribution is 4.90. The molecule has 1 aliphatic carbocycles. The number of rotatable bonds is 4. The van der Waals surface area contributed by atoms with Gasteiger partial charge >= 0.3 is 0 Å². The minimum Gasteiger partial charge on any atom is -0.395 e. The molecule has 0 aromatic carbocycles. The maximum atomic E-state index is 8.69. The lowest BCUT2D eigenvalue weighted by atomic mass is 10.1. The van der Waals surface area contributed by atoms with Crippen molar-refractivity contribution >= 4 is 0 Å². The van der Waals surface area contributed by atoms with Crippen LogP contribution in [0.25, 0.3) is 0 Å². The third kappa shape index (κ3) is 2.27. The molecule has 0 saturated heterocycles. The summed E-state index contributed by atoms with van der Waals surface area (Å²) in [6, 6.07) is 0.262. The van der Waals surface area contributed by atoms with E-state index in [4.69, 9.17) is 5.11 Å². The lowest BCUT2D eigenvalue weighted by Crippen LogP contribution is -2.33. The molecule has 0 radical (unpaired) electrons. The molecule has 0 aromatic heterocycles. The molecular weight excluding hydrogens is 126 g/mol. The number of nitrogens with one attached hydrogen (secondary N) is 1. The molecule has 0 heterocycles. The van der Waals surface area contributed by atoms with Crippen molar-refractivity contribution in [2.45, 2.75) is 32.7 Å². The van der Waals surface area contributed by atoms with Crippen molar-refractivity contribution in [1.29, 1.82) is 0 Å². The van der Waals surface area contributed by atoms with Crippen LogP contribution >= 0.6 is 0 Å². The van der Waals surface area contributed by atoms with Gasteiger partial charge in [-0.3, -0.25) is 0 Å². The first-order valence-corrected chi connectivity index (χ1v) is 4.00. The van der Waals surface area contributed by atoms with Crippen molar-refractivity contribution in [2.24, 2.45) is 5.41 Å². The first-order valence-electron chi connectivity index (χ1n) is 4.00. The molecule has 1 rings (SSSR count). The maximum absolute atomic E-state index is 8.69. The van der Waals surface area contributed by atoms with E-state index in [1.54, 1.807) is 0 Å². The Morgan fingerprint density at radius 1 is 1.60 bits per heavy atom. The van der Waals surface area contributed by atoms with E-state index in [0.29, 0.717) is 5.41 Å². The van der Waals surface area contributed by atoms with Gasteiger partial charge in [-0.15, -0.1) is 0 Å². The highest BCUT2D eigenvalue weighted by atomic mass is 16.3. The minimum absolute atomic E-state index is 0.246. The lowest BCUT2D eigenvalue weighted by molar-refractivity contribution is 0.245. The first kappa shape index (κ1) is 8.02. The van der Waals surface area contributed by atoms with E-state index in [1.807, 2.05) is 6.92 Å². The zero-order valence-electron chi connectivity index (χ0n) is 6.85. The normalized spacial score (nSPS) is 24.3. The summed E-state index contributed by atoms with van der Waals surface area (Å²) < 4.78 is 0. The Balaban J connectivity index is 2.04. The largest absolute Gasteiger partial charge is 0.395 e. The van der Waals surface area contributed by atoms with E-state index in [0.717, 1.165) is 6.54 Å². The van der Waals surface area contributed by atoms with E-state index >= 15 is 0 Å². The molecule has 2 nitrogen and oxygen atoms in total. The summed E-state index contributed by atoms with van der Waals surface area (Å²) in [4.78, 5) is 0. The van der Waals surface area contributed by atoms with E-state index in [-0.39, 0.29) is 12.6 Å². The average Bonchev–Trinajstić information content (AvgIpc) is 2.64.